The monoisotopic (exact) mass is 487 g/mol. The second-order valence-corrected chi connectivity index (χ2v) is 9.82. The van der Waals surface area contributed by atoms with Gasteiger partial charge in [0.05, 0.1) is 12.6 Å². The van der Waals surface area contributed by atoms with Crippen LogP contribution < -0.4 is 5.32 Å². The molecule has 36 heavy (non-hydrogen) atoms. The lowest BCUT2D eigenvalue weighted by Crippen LogP contribution is -2.47. The van der Waals surface area contributed by atoms with Gasteiger partial charge in [-0.3, -0.25) is 14.6 Å². The minimum Gasteiger partial charge on any atom is -0.343 e. The zero-order valence-corrected chi connectivity index (χ0v) is 21.2. The van der Waals surface area contributed by atoms with Crippen LogP contribution in [0.5, 0.6) is 0 Å². The molecule has 1 N–H and O–H groups in total. The second-order valence-electron chi connectivity index (χ2n) is 9.82. The molecule has 3 unspecified atom stereocenters. The topological polar surface area (TPSA) is 62.3 Å². The predicted molar refractivity (Wildman–Crippen MR) is 139 cm³/mol. The summed E-state index contributed by atoms with van der Waals surface area (Å²) in [6.45, 7) is 6.13. The van der Waals surface area contributed by atoms with Crippen LogP contribution in [0.1, 0.15) is 66.6 Å². The predicted octanol–water partition coefficient (Wildman–Crippen LogP) is 5.29. The van der Waals surface area contributed by atoms with E-state index in [1.807, 2.05) is 61.5 Å². The fraction of sp³-hybridized carbons (Fsp3) is 0.367. The third-order valence-corrected chi connectivity index (χ3v) is 6.95. The summed E-state index contributed by atoms with van der Waals surface area (Å²) in [6, 6.07) is 20.5. The number of benzene rings is 2. The summed E-state index contributed by atoms with van der Waals surface area (Å²) in [6.07, 6.45) is 1.23. The molecule has 1 aromatic heterocycles. The Balaban J connectivity index is 1.51. The lowest BCUT2D eigenvalue weighted by atomic mass is 9.95. The first-order valence-electron chi connectivity index (χ1n) is 12.6. The Hall–Kier alpha value is -3.54. The molecule has 188 valence electrons. The molecule has 5 nitrogen and oxygen atoms in total. The highest BCUT2D eigenvalue weighted by Gasteiger charge is 2.40. The number of likely N-dealkylation sites (tertiary alicyclic amines) is 1. The number of nitrogens with zero attached hydrogens (tertiary/aromatic N) is 2. The van der Waals surface area contributed by atoms with E-state index in [2.05, 4.69) is 36.3 Å². The molecule has 1 saturated heterocycles. The van der Waals surface area contributed by atoms with E-state index in [4.69, 9.17) is 0 Å². The number of hydrogen-bond acceptors (Lipinski definition) is 3. The van der Waals surface area contributed by atoms with Crippen molar-refractivity contribution in [1.82, 2.24) is 15.2 Å². The van der Waals surface area contributed by atoms with Gasteiger partial charge in [0.15, 0.2) is 0 Å². The van der Waals surface area contributed by atoms with Gasteiger partial charge in [-0.2, -0.15) is 0 Å². The van der Waals surface area contributed by atoms with Crippen LogP contribution in [0.25, 0.3) is 0 Å². The maximum Gasteiger partial charge on any atom is 0.243 e. The van der Waals surface area contributed by atoms with E-state index in [9.17, 15) is 14.0 Å². The van der Waals surface area contributed by atoms with E-state index < -0.39 is 18.3 Å². The number of carbonyl (C=O) groups excluding carboxylic acids is 2. The Bertz CT molecular complexity index is 1180. The quantitative estimate of drug-likeness (QED) is 0.470. The fourth-order valence-electron chi connectivity index (χ4n) is 4.79. The smallest absolute Gasteiger partial charge is 0.243 e. The van der Waals surface area contributed by atoms with Crippen LogP contribution in [-0.4, -0.2) is 40.5 Å². The van der Waals surface area contributed by atoms with Crippen molar-refractivity contribution in [3.63, 3.8) is 0 Å². The highest BCUT2D eigenvalue weighted by molar-refractivity contribution is 5.89. The molecule has 0 aliphatic carbocycles. The average Bonchev–Trinajstić information content (AvgIpc) is 3.29. The largest absolute Gasteiger partial charge is 0.343 e. The molecule has 1 aliphatic rings. The Labute approximate surface area is 212 Å². The summed E-state index contributed by atoms with van der Waals surface area (Å²) in [4.78, 5) is 32.2. The molecule has 2 heterocycles. The minimum absolute atomic E-state index is 0.0112. The van der Waals surface area contributed by atoms with E-state index in [1.165, 1.54) is 10.5 Å². The zero-order valence-electron chi connectivity index (χ0n) is 21.2. The second kappa shape index (κ2) is 11.5. The zero-order chi connectivity index (χ0) is 25.7. The molecule has 3 atom stereocenters. The SMILES string of the molecule is Cc1ncccc1CCC(=O)N1CC(F)CC1C(=O)NC(c1ccccc1)c1ccc(C(C)C)cc1. The normalized spacial score (nSPS) is 18.3. The molecular formula is C30H34FN3O2. The van der Waals surface area contributed by atoms with Crippen LogP contribution >= 0.6 is 0 Å². The van der Waals surface area contributed by atoms with Crippen molar-refractivity contribution >= 4 is 11.8 Å². The Morgan fingerprint density at radius 1 is 1.00 bits per heavy atom. The molecule has 4 rings (SSSR count). The molecule has 6 heteroatoms. The van der Waals surface area contributed by atoms with Crippen molar-refractivity contribution in [2.45, 2.75) is 64.2 Å². The van der Waals surface area contributed by atoms with Gasteiger partial charge in [-0.1, -0.05) is 74.5 Å². The number of amides is 2. The van der Waals surface area contributed by atoms with Crippen LogP contribution in [0.3, 0.4) is 0 Å². The number of pyridine rings is 1. The average molecular weight is 488 g/mol. The molecule has 1 aliphatic heterocycles. The highest BCUT2D eigenvalue weighted by Crippen LogP contribution is 2.27. The van der Waals surface area contributed by atoms with Crippen LogP contribution in [0.15, 0.2) is 72.9 Å². The van der Waals surface area contributed by atoms with Crippen molar-refractivity contribution in [1.29, 1.82) is 0 Å². The number of aromatic nitrogens is 1. The molecule has 0 saturated carbocycles. The molecule has 0 radical (unpaired) electrons. The van der Waals surface area contributed by atoms with Crippen molar-refractivity contribution in [3.05, 3.63) is 101 Å². The first-order chi connectivity index (χ1) is 17.3. The lowest BCUT2D eigenvalue weighted by molar-refractivity contribution is -0.138. The van der Waals surface area contributed by atoms with Gasteiger partial charge in [-0.05, 0) is 47.6 Å². The molecule has 3 aromatic rings. The summed E-state index contributed by atoms with van der Waals surface area (Å²) in [5.74, 6) is -0.141. The van der Waals surface area contributed by atoms with Crippen LogP contribution in [-0.2, 0) is 16.0 Å². The highest BCUT2D eigenvalue weighted by atomic mass is 19.1. The van der Waals surface area contributed by atoms with E-state index >= 15 is 0 Å². The molecule has 1 fully saturated rings. The molecule has 0 bridgehead atoms. The number of alkyl halides is 1. The first kappa shape index (κ1) is 25.5. The summed E-state index contributed by atoms with van der Waals surface area (Å²) < 4.78 is 14.5. The van der Waals surface area contributed by atoms with E-state index in [-0.39, 0.29) is 31.2 Å². The number of carbonyl (C=O) groups is 2. The Morgan fingerprint density at radius 3 is 2.33 bits per heavy atom. The summed E-state index contributed by atoms with van der Waals surface area (Å²) in [5.41, 5.74) is 4.95. The van der Waals surface area contributed by atoms with Gasteiger partial charge in [-0.15, -0.1) is 0 Å². The Morgan fingerprint density at radius 2 is 1.67 bits per heavy atom. The molecular weight excluding hydrogens is 453 g/mol. The number of rotatable bonds is 8. The maximum absolute atomic E-state index is 14.5. The number of hydrogen-bond donors (Lipinski definition) is 1. The van der Waals surface area contributed by atoms with E-state index in [1.54, 1.807) is 6.20 Å². The van der Waals surface area contributed by atoms with Crippen molar-refractivity contribution in [2.75, 3.05) is 6.54 Å². The van der Waals surface area contributed by atoms with Gasteiger partial charge >= 0.3 is 0 Å². The third-order valence-electron chi connectivity index (χ3n) is 6.95. The van der Waals surface area contributed by atoms with E-state index in [0.29, 0.717) is 12.3 Å². The first-order valence-corrected chi connectivity index (χ1v) is 12.6. The van der Waals surface area contributed by atoms with Crippen molar-refractivity contribution in [3.8, 4) is 0 Å². The standard InChI is InChI=1S/C30H34FN3O2/c1-20(2)22-11-13-25(14-12-22)29(24-8-5-4-6-9-24)33-30(36)27-18-26(31)19-34(27)28(35)16-15-23-10-7-17-32-21(23)3/h4-14,17,20,26-27,29H,15-16,18-19H2,1-3H3,(H,33,36). The van der Waals surface area contributed by atoms with Crippen LogP contribution in [0.2, 0.25) is 0 Å². The van der Waals surface area contributed by atoms with Gasteiger partial charge in [0.25, 0.3) is 0 Å². The van der Waals surface area contributed by atoms with Gasteiger partial charge in [0.2, 0.25) is 11.8 Å². The third kappa shape index (κ3) is 5.99. The maximum atomic E-state index is 14.5. The van der Waals surface area contributed by atoms with Crippen LogP contribution in [0, 0.1) is 6.92 Å². The summed E-state index contributed by atoms with van der Waals surface area (Å²) >= 11 is 0. The minimum atomic E-state index is -1.22. The van der Waals surface area contributed by atoms with Crippen molar-refractivity contribution < 1.29 is 14.0 Å². The molecule has 2 aromatic carbocycles. The number of aryl methyl sites for hydroxylation is 2. The van der Waals surface area contributed by atoms with Gasteiger partial charge in [-0.25, -0.2) is 4.39 Å². The van der Waals surface area contributed by atoms with Gasteiger partial charge in [0.1, 0.15) is 12.2 Å². The summed E-state index contributed by atoms with van der Waals surface area (Å²) in [5, 5.41) is 3.12. The Kier molecular flexibility index (Phi) is 8.14. The lowest BCUT2D eigenvalue weighted by Gasteiger charge is -2.27. The van der Waals surface area contributed by atoms with Crippen LogP contribution in [0.4, 0.5) is 4.39 Å². The number of nitrogens with one attached hydrogen (secondary N) is 1. The van der Waals surface area contributed by atoms with Gasteiger partial charge in [0, 0.05) is 24.7 Å². The van der Waals surface area contributed by atoms with E-state index in [0.717, 1.165) is 22.4 Å². The number of halogens is 1. The summed E-state index contributed by atoms with van der Waals surface area (Å²) in [7, 11) is 0. The fourth-order valence-corrected chi connectivity index (χ4v) is 4.79. The molecule has 0 spiro atoms. The van der Waals surface area contributed by atoms with Crippen molar-refractivity contribution in [2.24, 2.45) is 0 Å². The molecule has 2 amide bonds. The van der Waals surface area contributed by atoms with Gasteiger partial charge < -0.3 is 10.2 Å².